The van der Waals surface area contributed by atoms with Gasteiger partial charge in [0.2, 0.25) is 0 Å². The Balaban J connectivity index is 0.000000157. The van der Waals surface area contributed by atoms with Gasteiger partial charge in [0.25, 0.3) is 0 Å². The molecule has 0 amide bonds. The summed E-state index contributed by atoms with van der Waals surface area (Å²) in [7, 11) is 0. The van der Waals surface area contributed by atoms with Crippen LogP contribution >= 0.6 is 11.6 Å². The molecule has 0 aliphatic carbocycles. The largest absolute Gasteiger partial charge is 0.388 e. The normalized spacial score (nSPS) is 15.8. The second-order valence-electron chi connectivity index (χ2n) is 12.4. The molecular formula is C38H35ClF4N4O3. The summed E-state index contributed by atoms with van der Waals surface area (Å²) < 4.78 is 70.5. The van der Waals surface area contributed by atoms with Crippen molar-refractivity contribution >= 4 is 33.7 Å². The second kappa shape index (κ2) is 14.9. The fourth-order valence-corrected chi connectivity index (χ4v) is 7.13. The number of hydrogen-bond acceptors (Lipinski definition) is 5. The zero-order valence-electron chi connectivity index (χ0n) is 27.1. The molecule has 50 heavy (non-hydrogen) atoms. The highest BCUT2D eigenvalue weighted by atomic mass is 35.5. The SMILES string of the molecule is Fc1ccc(-c2cc3c(cc2F)nc(CCl)n3C2CCOCC2)cc1.OCc1nc2cc(F)c(-c3ccc(F)cc3)cc2n1C1CCOCC1. The van der Waals surface area contributed by atoms with E-state index >= 15 is 0 Å². The minimum Gasteiger partial charge on any atom is -0.388 e. The van der Waals surface area contributed by atoms with Crippen LogP contribution in [-0.4, -0.2) is 50.6 Å². The van der Waals surface area contributed by atoms with Crippen LogP contribution in [0.1, 0.15) is 49.4 Å². The average Bonchev–Trinajstić information content (AvgIpc) is 3.69. The van der Waals surface area contributed by atoms with E-state index in [1.54, 1.807) is 36.4 Å². The van der Waals surface area contributed by atoms with Gasteiger partial charge in [0.15, 0.2) is 0 Å². The molecule has 1 N–H and O–H groups in total. The van der Waals surface area contributed by atoms with Crippen LogP contribution in [0.5, 0.6) is 0 Å². The Morgan fingerprint density at radius 3 is 1.42 bits per heavy atom. The van der Waals surface area contributed by atoms with Gasteiger partial charge < -0.3 is 23.7 Å². The third-order valence-corrected chi connectivity index (χ3v) is 9.63. The fourth-order valence-electron chi connectivity index (χ4n) is 6.94. The predicted molar refractivity (Wildman–Crippen MR) is 184 cm³/mol. The van der Waals surface area contributed by atoms with Crippen molar-refractivity contribution in [1.29, 1.82) is 0 Å². The molecule has 0 unspecified atom stereocenters. The van der Waals surface area contributed by atoms with E-state index in [9.17, 15) is 22.7 Å². The summed E-state index contributed by atoms with van der Waals surface area (Å²) in [6, 6.07) is 18.3. The van der Waals surface area contributed by atoms with Crippen LogP contribution in [0.4, 0.5) is 17.6 Å². The summed E-state index contributed by atoms with van der Waals surface area (Å²) in [6.45, 7) is 2.48. The standard InChI is InChI=1S/C19H17ClF2N2O.C19H18F2N2O2/c20-11-19-23-17-10-16(22)15(12-1-3-13(21)4-2-12)9-18(17)24(19)14-5-7-25-8-6-14;20-13-3-1-12(2-4-13)15-9-18-17(10-16(15)21)22-19(11-24)23(18)14-5-7-25-8-6-14/h1-4,9-10,14H,5-8,11H2;1-4,9-10,14,24H,5-8,11H2. The molecule has 4 heterocycles. The number of ether oxygens (including phenoxy) is 2. The maximum Gasteiger partial charge on any atom is 0.135 e. The van der Waals surface area contributed by atoms with Crippen LogP contribution in [-0.2, 0) is 22.0 Å². The Kier molecular flexibility index (Phi) is 10.2. The molecule has 4 aromatic carbocycles. The van der Waals surface area contributed by atoms with E-state index in [1.807, 2.05) is 4.57 Å². The van der Waals surface area contributed by atoms with Crippen LogP contribution in [0.2, 0.25) is 0 Å². The van der Waals surface area contributed by atoms with Crippen molar-refractivity contribution in [1.82, 2.24) is 19.1 Å². The van der Waals surface area contributed by atoms with E-state index in [4.69, 9.17) is 21.1 Å². The van der Waals surface area contributed by atoms with Crippen molar-refractivity contribution < 1.29 is 32.1 Å². The van der Waals surface area contributed by atoms with E-state index < -0.39 is 5.82 Å². The number of rotatable bonds is 6. The number of halogens is 5. The van der Waals surface area contributed by atoms with Gasteiger partial charge in [-0.1, -0.05) is 24.3 Å². The van der Waals surface area contributed by atoms with E-state index in [2.05, 4.69) is 14.5 Å². The molecule has 2 aliphatic rings. The smallest absolute Gasteiger partial charge is 0.135 e. The molecule has 2 fully saturated rings. The topological polar surface area (TPSA) is 74.3 Å². The molecule has 0 spiro atoms. The van der Waals surface area contributed by atoms with Crippen LogP contribution < -0.4 is 0 Å². The van der Waals surface area contributed by atoms with Gasteiger partial charge in [-0.15, -0.1) is 11.6 Å². The number of imidazole rings is 2. The fraction of sp³-hybridized carbons (Fsp3) is 0.316. The predicted octanol–water partition coefficient (Wildman–Crippen LogP) is 8.90. The third kappa shape index (κ3) is 6.87. The van der Waals surface area contributed by atoms with Crippen LogP contribution in [0.3, 0.4) is 0 Å². The Bertz CT molecular complexity index is 1950. The Hall–Kier alpha value is -4.29. The Morgan fingerprint density at radius 1 is 0.620 bits per heavy atom. The number of aliphatic hydroxyl groups excluding tert-OH is 1. The van der Waals surface area contributed by atoms with Crippen molar-refractivity contribution in [3.8, 4) is 22.3 Å². The van der Waals surface area contributed by atoms with Crippen molar-refractivity contribution in [2.24, 2.45) is 0 Å². The quantitative estimate of drug-likeness (QED) is 0.138. The number of fused-ring (bicyclic) bond motifs is 2. The molecule has 7 nitrogen and oxygen atoms in total. The first-order valence-electron chi connectivity index (χ1n) is 16.6. The lowest BCUT2D eigenvalue weighted by Gasteiger charge is -2.25. The van der Waals surface area contributed by atoms with Gasteiger partial charge in [0.1, 0.15) is 41.5 Å². The zero-order valence-corrected chi connectivity index (χ0v) is 27.9. The van der Waals surface area contributed by atoms with E-state index in [1.165, 1.54) is 36.4 Å². The molecule has 0 atom stereocenters. The van der Waals surface area contributed by atoms with Crippen molar-refractivity contribution in [3.63, 3.8) is 0 Å². The Labute approximate surface area is 291 Å². The minimum absolute atomic E-state index is 0.160. The average molecular weight is 707 g/mol. The molecule has 0 saturated carbocycles. The lowest BCUT2D eigenvalue weighted by molar-refractivity contribution is 0.0687. The van der Waals surface area contributed by atoms with Crippen LogP contribution in [0.15, 0.2) is 72.8 Å². The maximum absolute atomic E-state index is 14.6. The van der Waals surface area contributed by atoms with Gasteiger partial charge in [0, 0.05) is 61.8 Å². The molecule has 0 radical (unpaired) electrons. The molecular weight excluding hydrogens is 672 g/mol. The van der Waals surface area contributed by atoms with Crippen molar-refractivity contribution in [2.45, 2.75) is 50.3 Å². The van der Waals surface area contributed by atoms with Gasteiger partial charge in [0.05, 0.1) is 27.9 Å². The lowest BCUT2D eigenvalue weighted by atomic mass is 10.0. The second-order valence-corrected chi connectivity index (χ2v) is 12.7. The van der Waals surface area contributed by atoms with E-state index in [0.29, 0.717) is 65.5 Å². The monoisotopic (exact) mass is 706 g/mol. The molecule has 12 heteroatoms. The molecule has 260 valence electrons. The van der Waals surface area contributed by atoms with Gasteiger partial charge in [-0.3, -0.25) is 0 Å². The number of aromatic nitrogens is 4. The van der Waals surface area contributed by atoms with Crippen LogP contribution in [0, 0.1) is 23.3 Å². The Morgan fingerprint density at radius 2 is 1.02 bits per heavy atom. The maximum atomic E-state index is 14.6. The highest BCUT2D eigenvalue weighted by molar-refractivity contribution is 6.16. The highest BCUT2D eigenvalue weighted by Gasteiger charge is 2.24. The molecule has 0 bridgehead atoms. The van der Waals surface area contributed by atoms with Gasteiger partial charge in [-0.05, 0) is 73.2 Å². The third-order valence-electron chi connectivity index (χ3n) is 9.39. The van der Waals surface area contributed by atoms with E-state index in [-0.39, 0.29) is 42.0 Å². The summed E-state index contributed by atoms with van der Waals surface area (Å²) in [4.78, 5) is 8.89. The number of benzene rings is 4. The van der Waals surface area contributed by atoms with Crippen molar-refractivity contribution in [2.75, 3.05) is 26.4 Å². The summed E-state index contributed by atoms with van der Waals surface area (Å²) in [5.74, 6) is 0.0235. The lowest BCUT2D eigenvalue weighted by Crippen LogP contribution is -2.21. The first-order chi connectivity index (χ1) is 24.3. The van der Waals surface area contributed by atoms with Gasteiger partial charge in [-0.25, -0.2) is 27.5 Å². The first kappa shape index (κ1) is 34.2. The summed E-state index contributed by atoms with van der Waals surface area (Å²) in [5.41, 5.74) is 4.79. The van der Waals surface area contributed by atoms with Gasteiger partial charge in [-0.2, -0.15) is 0 Å². The number of nitrogens with zero attached hydrogens (tertiary/aromatic N) is 4. The number of aliphatic hydroxyl groups is 1. The minimum atomic E-state index is -0.416. The highest BCUT2D eigenvalue weighted by Crippen LogP contribution is 2.35. The molecule has 2 saturated heterocycles. The van der Waals surface area contributed by atoms with Crippen LogP contribution in [0.25, 0.3) is 44.3 Å². The molecule has 6 aromatic rings. The number of hydrogen-bond donors (Lipinski definition) is 1. The molecule has 8 rings (SSSR count). The summed E-state index contributed by atoms with van der Waals surface area (Å²) in [5, 5.41) is 9.69. The van der Waals surface area contributed by atoms with E-state index in [0.717, 1.165) is 42.5 Å². The first-order valence-corrected chi connectivity index (χ1v) is 17.1. The zero-order chi connectivity index (χ0) is 34.8. The van der Waals surface area contributed by atoms with Crippen molar-refractivity contribution in [3.05, 3.63) is 108 Å². The summed E-state index contributed by atoms with van der Waals surface area (Å²) >= 11 is 6.09. The number of alkyl halides is 1. The summed E-state index contributed by atoms with van der Waals surface area (Å²) in [6.07, 6.45) is 3.39. The molecule has 2 aliphatic heterocycles. The molecule has 2 aromatic heterocycles. The van der Waals surface area contributed by atoms with Gasteiger partial charge >= 0.3 is 0 Å².